The molecular weight excluding hydrogens is 482 g/mol. The van der Waals surface area contributed by atoms with Crippen molar-refractivity contribution in [1.29, 1.82) is 0 Å². The lowest BCUT2D eigenvalue weighted by atomic mass is 9.52. The van der Waals surface area contributed by atoms with Gasteiger partial charge in [-0.3, -0.25) is 9.59 Å². The molecule has 1 aromatic rings. The van der Waals surface area contributed by atoms with E-state index in [1.165, 1.54) is 56.1 Å². The Kier molecular flexibility index (Phi) is 10.3. The summed E-state index contributed by atoms with van der Waals surface area (Å²) in [7, 11) is 1.94. The largest absolute Gasteiger partial charge is 0.508 e. The summed E-state index contributed by atoms with van der Waals surface area (Å²) in [4.78, 5) is 26.9. The first-order chi connectivity index (χ1) is 18.8. The van der Waals surface area contributed by atoms with Gasteiger partial charge in [0.25, 0.3) is 0 Å². The second kappa shape index (κ2) is 13.5. The molecule has 1 aromatic carbocycles. The third-order valence-corrected chi connectivity index (χ3v) is 10.7. The number of Topliss-reactive ketones (excluding diaryl/α,β-unsaturated/α-hetero) is 1. The minimum atomic E-state index is -0.0273. The number of phenols is 1. The third-order valence-electron chi connectivity index (χ3n) is 10.7. The van der Waals surface area contributed by atoms with Gasteiger partial charge in [-0.25, -0.2) is 0 Å². The van der Waals surface area contributed by atoms with Crippen LogP contribution in [0.3, 0.4) is 0 Å². The average molecular weight is 536 g/mol. The van der Waals surface area contributed by atoms with Crippen molar-refractivity contribution >= 4 is 11.7 Å². The molecule has 3 aliphatic rings. The highest BCUT2D eigenvalue weighted by atomic mass is 16.3. The number of unbranched alkanes of at least 4 members (excludes halogenated alkanes) is 8. The number of fused-ring (bicyclic) bond motifs is 5. The van der Waals surface area contributed by atoms with Crippen molar-refractivity contribution in [3.05, 3.63) is 41.5 Å². The molecule has 4 nitrogen and oxygen atoms in total. The quantitative estimate of drug-likeness (QED) is 0.192. The Morgan fingerprint density at radius 3 is 2.46 bits per heavy atom. The predicted octanol–water partition coefficient (Wildman–Crippen LogP) is 8.37. The number of carbonyl (C=O) groups is 2. The zero-order chi connectivity index (χ0) is 28.0. The Bertz CT molecular complexity index is 1020. The minimum absolute atomic E-state index is 0.0273. The van der Waals surface area contributed by atoms with Crippen molar-refractivity contribution in [2.45, 2.75) is 122 Å². The van der Waals surface area contributed by atoms with Crippen LogP contribution in [0, 0.1) is 23.2 Å². The number of rotatable bonds is 14. The molecule has 0 aromatic heterocycles. The molecule has 0 radical (unpaired) electrons. The van der Waals surface area contributed by atoms with Crippen molar-refractivity contribution in [2.24, 2.45) is 23.2 Å². The van der Waals surface area contributed by atoms with Gasteiger partial charge in [0.15, 0.2) is 5.78 Å². The first kappa shape index (κ1) is 29.9. The highest BCUT2D eigenvalue weighted by Gasteiger charge is 2.57. The zero-order valence-electron chi connectivity index (χ0n) is 25.0. The van der Waals surface area contributed by atoms with E-state index in [9.17, 15) is 14.7 Å². The van der Waals surface area contributed by atoms with Gasteiger partial charge in [-0.1, -0.05) is 77.9 Å². The second-order valence-corrected chi connectivity index (χ2v) is 13.2. The Hall–Kier alpha value is -2.10. The number of phenolic OH excluding ortho intramolecular Hbond substituents is 1. The lowest BCUT2D eigenvalue weighted by molar-refractivity contribution is -0.130. The normalized spacial score (nSPS) is 27.7. The van der Waals surface area contributed by atoms with Gasteiger partial charge in [-0.15, -0.1) is 0 Å². The number of nitrogens with zero attached hydrogens (tertiary/aromatic N) is 1. The van der Waals surface area contributed by atoms with E-state index in [1.807, 2.05) is 24.1 Å². The SMILES string of the molecule is C=C1C(=O)CC2C3C(CC[C@]12C)c1ccc(O)cc1C[C@H]3CCCCCCCCCCC(=O)N(C)CCCC. The Labute approximate surface area is 237 Å². The number of allylic oxidation sites excluding steroid dienone is 1. The molecule has 1 N–H and O–H groups in total. The molecule has 39 heavy (non-hydrogen) atoms. The molecule has 0 heterocycles. The number of hydrogen-bond acceptors (Lipinski definition) is 3. The van der Waals surface area contributed by atoms with Crippen LogP contribution in [0.15, 0.2) is 30.4 Å². The van der Waals surface area contributed by atoms with Gasteiger partial charge >= 0.3 is 0 Å². The van der Waals surface area contributed by atoms with E-state index >= 15 is 0 Å². The van der Waals surface area contributed by atoms with Crippen molar-refractivity contribution in [2.75, 3.05) is 13.6 Å². The van der Waals surface area contributed by atoms with Gasteiger partial charge in [0.05, 0.1) is 0 Å². The summed E-state index contributed by atoms with van der Waals surface area (Å²) >= 11 is 0. The van der Waals surface area contributed by atoms with E-state index in [0.29, 0.717) is 54.0 Å². The van der Waals surface area contributed by atoms with Crippen LogP contribution in [0.4, 0.5) is 0 Å². The maximum atomic E-state index is 12.8. The predicted molar refractivity (Wildman–Crippen MR) is 160 cm³/mol. The van der Waals surface area contributed by atoms with E-state index in [1.54, 1.807) is 0 Å². The smallest absolute Gasteiger partial charge is 0.222 e. The van der Waals surface area contributed by atoms with E-state index in [2.05, 4.69) is 26.5 Å². The molecule has 3 aliphatic carbocycles. The summed E-state index contributed by atoms with van der Waals surface area (Å²) in [6, 6.07) is 6.02. The maximum absolute atomic E-state index is 12.8. The fourth-order valence-corrected chi connectivity index (χ4v) is 8.23. The summed E-state index contributed by atoms with van der Waals surface area (Å²) in [6.45, 7) is 9.62. The summed E-state index contributed by atoms with van der Waals surface area (Å²) in [6.07, 6.45) is 17.8. The van der Waals surface area contributed by atoms with E-state index in [4.69, 9.17) is 0 Å². The summed E-state index contributed by atoms with van der Waals surface area (Å²) in [5.41, 5.74) is 3.62. The summed E-state index contributed by atoms with van der Waals surface area (Å²) in [5, 5.41) is 10.2. The van der Waals surface area contributed by atoms with Crippen LogP contribution < -0.4 is 0 Å². The number of hydrogen-bond donors (Lipinski definition) is 1. The number of carbonyl (C=O) groups excluding carboxylic acids is 2. The maximum Gasteiger partial charge on any atom is 0.222 e. The first-order valence-electron chi connectivity index (χ1n) is 16.0. The fourth-order valence-electron chi connectivity index (χ4n) is 8.23. The van der Waals surface area contributed by atoms with Gasteiger partial charge in [0, 0.05) is 26.4 Å². The highest BCUT2D eigenvalue weighted by molar-refractivity contribution is 5.99. The molecule has 3 unspecified atom stereocenters. The molecule has 0 spiro atoms. The van der Waals surface area contributed by atoms with Crippen LogP contribution in [0.5, 0.6) is 5.75 Å². The number of aromatic hydroxyl groups is 1. The van der Waals surface area contributed by atoms with E-state index in [0.717, 1.165) is 57.1 Å². The van der Waals surface area contributed by atoms with Crippen LogP contribution in [0.2, 0.25) is 0 Å². The number of benzene rings is 1. The van der Waals surface area contributed by atoms with E-state index < -0.39 is 0 Å². The lowest BCUT2D eigenvalue weighted by Gasteiger charge is -2.52. The molecule has 0 saturated heterocycles. The molecule has 0 bridgehead atoms. The molecule has 4 heteroatoms. The van der Waals surface area contributed by atoms with Gasteiger partial charge in [0.2, 0.25) is 5.91 Å². The number of amides is 1. The fraction of sp³-hybridized carbons (Fsp3) is 0.714. The molecule has 1 amide bonds. The average Bonchev–Trinajstić information content (AvgIpc) is 3.15. The van der Waals surface area contributed by atoms with Gasteiger partial charge in [0.1, 0.15) is 5.75 Å². The van der Waals surface area contributed by atoms with Crippen LogP contribution in [0.1, 0.15) is 127 Å². The molecule has 4 rings (SSSR count). The highest BCUT2D eigenvalue weighted by Crippen LogP contribution is 2.63. The molecule has 216 valence electrons. The first-order valence-corrected chi connectivity index (χ1v) is 16.0. The molecule has 2 fully saturated rings. The van der Waals surface area contributed by atoms with Gasteiger partial charge in [-0.2, -0.15) is 0 Å². The zero-order valence-corrected chi connectivity index (χ0v) is 25.0. The van der Waals surface area contributed by atoms with Crippen LogP contribution in [-0.4, -0.2) is 35.3 Å². The standard InChI is InChI=1S/C35H53NO3/c1-5-6-21-36(4)33(39)16-14-12-10-8-7-9-11-13-15-26-22-27-23-28(37)17-18-29(27)30-19-20-35(3)25(2)32(38)24-31(35)34(26)30/h17-18,23,26,30-31,34,37H,2,5-16,19-22,24H2,1,3-4H3/t26-,30?,31?,34?,35-/m1/s1. The van der Waals surface area contributed by atoms with Crippen molar-refractivity contribution in [1.82, 2.24) is 4.90 Å². The van der Waals surface area contributed by atoms with Crippen molar-refractivity contribution < 1.29 is 14.7 Å². The number of ketones is 1. The Morgan fingerprint density at radius 2 is 1.74 bits per heavy atom. The molecule has 2 saturated carbocycles. The topological polar surface area (TPSA) is 57.6 Å². The minimum Gasteiger partial charge on any atom is -0.508 e. The van der Waals surface area contributed by atoms with Gasteiger partial charge in [-0.05, 0) is 96.4 Å². The van der Waals surface area contributed by atoms with Gasteiger partial charge < -0.3 is 10.0 Å². The lowest BCUT2D eigenvalue weighted by Crippen LogP contribution is -2.44. The summed E-state index contributed by atoms with van der Waals surface area (Å²) < 4.78 is 0. The van der Waals surface area contributed by atoms with E-state index in [-0.39, 0.29) is 5.41 Å². The van der Waals surface area contributed by atoms with Crippen molar-refractivity contribution in [3.63, 3.8) is 0 Å². The van der Waals surface area contributed by atoms with Crippen LogP contribution in [0.25, 0.3) is 0 Å². The summed E-state index contributed by atoms with van der Waals surface area (Å²) in [5.74, 6) is 3.04. The van der Waals surface area contributed by atoms with Crippen LogP contribution >= 0.6 is 0 Å². The Balaban J connectivity index is 1.22. The van der Waals surface area contributed by atoms with Crippen molar-refractivity contribution in [3.8, 4) is 5.75 Å². The van der Waals surface area contributed by atoms with Crippen LogP contribution in [-0.2, 0) is 16.0 Å². The second-order valence-electron chi connectivity index (χ2n) is 13.2. The molecular formula is C35H53NO3. The molecule has 5 atom stereocenters. The Morgan fingerprint density at radius 1 is 1.05 bits per heavy atom. The third kappa shape index (κ3) is 6.80. The molecule has 0 aliphatic heterocycles. The monoisotopic (exact) mass is 535 g/mol.